The van der Waals surface area contributed by atoms with Gasteiger partial charge in [0.2, 0.25) is 5.82 Å². The van der Waals surface area contributed by atoms with Crippen LogP contribution in [0.15, 0.2) is 39.0 Å². The van der Waals surface area contributed by atoms with Gasteiger partial charge in [-0.1, -0.05) is 12.1 Å². The van der Waals surface area contributed by atoms with Gasteiger partial charge >= 0.3 is 5.69 Å². The van der Waals surface area contributed by atoms with Gasteiger partial charge in [-0.05, 0) is 38.5 Å². The van der Waals surface area contributed by atoms with Crippen LogP contribution in [0.2, 0.25) is 0 Å². The molecular formula is C17H23N7O3. The lowest BCUT2D eigenvalue weighted by atomic mass is 10.2. The number of benzene rings is 1. The van der Waals surface area contributed by atoms with Gasteiger partial charge < -0.3 is 10.2 Å². The van der Waals surface area contributed by atoms with Crippen LogP contribution in [0.1, 0.15) is 26.3 Å². The fraction of sp³-hybridized carbons (Fsp3) is 0.353. The normalized spacial score (nSPS) is 12.0. The summed E-state index contributed by atoms with van der Waals surface area (Å²) in [5.74, 6) is -0.619. The van der Waals surface area contributed by atoms with E-state index in [-0.39, 0.29) is 5.82 Å². The number of hydrazone groups is 1. The summed E-state index contributed by atoms with van der Waals surface area (Å²) in [4.78, 5) is 38.7. The Kier molecular flexibility index (Phi) is 6.86. The zero-order valence-corrected chi connectivity index (χ0v) is 15.4. The van der Waals surface area contributed by atoms with Gasteiger partial charge in [0.25, 0.3) is 11.5 Å². The number of anilines is 2. The molecule has 2 rings (SSSR count). The first-order valence-corrected chi connectivity index (χ1v) is 8.58. The van der Waals surface area contributed by atoms with Gasteiger partial charge in [0.1, 0.15) is 6.04 Å². The Morgan fingerprint density at radius 2 is 1.93 bits per heavy atom. The summed E-state index contributed by atoms with van der Waals surface area (Å²) in [7, 11) is 0. The molecule has 2 aromatic rings. The van der Waals surface area contributed by atoms with Crippen molar-refractivity contribution in [3.05, 3.63) is 50.7 Å². The van der Waals surface area contributed by atoms with E-state index >= 15 is 0 Å². The van der Waals surface area contributed by atoms with Crippen molar-refractivity contribution in [1.29, 1.82) is 0 Å². The third-order valence-corrected chi connectivity index (χ3v) is 3.87. The average molecular weight is 373 g/mol. The van der Waals surface area contributed by atoms with Crippen molar-refractivity contribution in [2.24, 2.45) is 5.10 Å². The Labute approximate surface area is 155 Å². The highest BCUT2D eigenvalue weighted by atomic mass is 16.2. The number of carbonyl (C=O) groups is 1. The lowest BCUT2D eigenvalue weighted by Crippen LogP contribution is -2.38. The van der Waals surface area contributed by atoms with Gasteiger partial charge in [0.05, 0.1) is 6.21 Å². The predicted octanol–water partition coefficient (Wildman–Crippen LogP) is 0.255. The third kappa shape index (κ3) is 5.53. The summed E-state index contributed by atoms with van der Waals surface area (Å²) in [6.07, 6.45) is 1.53. The van der Waals surface area contributed by atoms with Crippen LogP contribution in [-0.4, -0.2) is 46.4 Å². The quantitative estimate of drug-likeness (QED) is 0.387. The highest BCUT2D eigenvalue weighted by molar-refractivity contribution is 5.86. The Morgan fingerprint density at radius 3 is 2.52 bits per heavy atom. The van der Waals surface area contributed by atoms with Crippen molar-refractivity contribution < 1.29 is 4.79 Å². The fourth-order valence-electron chi connectivity index (χ4n) is 2.34. The SMILES string of the molecule is CCN(CC)c1ccc(/C=N\NC(=O)[C@H](C)Nc2n[nH]c(=O)[nH]c2=O)cc1. The van der Waals surface area contributed by atoms with E-state index in [4.69, 9.17) is 0 Å². The fourth-order valence-corrected chi connectivity index (χ4v) is 2.34. The molecule has 27 heavy (non-hydrogen) atoms. The summed E-state index contributed by atoms with van der Waals surface area (Å²) in [5, 5.41) is 12.1. The molecule has 0 aliphatic heterocycles. The topological polar surface area (TPSA) is 135 Å². The minimum Gasteiger partial charge on any atom is -0.372 e. The highest BCUT2D eigenvalue weighted by Gasteiger charge is 2.14. The van der Waals surface area contributed by atoms with E-state index in [0.717, 1.165) is 24.3 Å². The van der Waals surface area contributed by atoms with E-state index < -0.39 is 23.2 Å². The molecule has 0 fully saturated rings. The molecule has 144 valence electrons. The first-order valence-electron chi connectivity index (χ1n) is 8.58. The van der Waals surface area contributed by atoms with E-state index in [0.29, 0.717) is 0 Å². The molecule has 0 aliphatic carbocycles. The molecule has 0 saturated carbocycles. The zero-order valence-electron chi connectivity index (χ0n) is 15.4. The summed E-state index contributed by atoms with van der Waals surface area (Å²) in [5.41, 5.74) is 2.91. The molecule has 0 bridgehead atoms. The molecule has 1 atom stereocenters. The van der Waals surface area contributed by atoms with E-state index in [9.17, 15) is 14.4 Å². The molecule has 10 nitrogen and oxygen atoms in total. The Hall–Kier alpha value is -3.43. The molecule has 0 aliphatic rings. The number of hydrogen-bond donors (Lipinski definition) is 4. The predicted molar refractivity (Wildman–Crippen MR) is 104 cm³/mol. The molecular weight excluding hydrogens is 350 g/mol. The van der Waals surface area contributed by atoms with E-state index in [1.165, 1.54) is 13.1 Å². The molecule has 1 heterocycles. The minimum absolute atomic E-state index is 0.159. The number of hydrogen-bond acceptors (Lipinski definition) is 7. The van der Waals surface area contributed by atoms with Crippen molar-refractivity contribution in [2.75, 3.05) is 23.3 Å². The smallest absolute Gasteiger partial charge is 0.342 e. The van der Waals surface area contributed by atoms with Gasteiger partial charge in [0, 0.05) is 18.8 Å². The maximum Gasteiger partial charge on any atom is 0.342 e. The van der Waals surface area contributed by atoms with Crippen LogP contribution in [0.3, 0.4) is 0 Å². The van der Waals surface area contributed by atoms with Crippen LogP contribution in [0.4, 0.5) is 11.5 Å². The third-order valence-electron chi connectivity index (χ3n) is 3.87. The van der Waals surface area contributed by atoms with Crippen LogP contribution < -0.4 is 26.9 Å². The number of nitrogens with zero attached hydrogens (tertiary/aromatic N) is 3. The van der Waals surface area contributed by atoms with Crippen LogP contribution in [-0.2, 0) is 4.79 Å². The van der Waals surface area contributed by atoms with Crippen LogP contribution in [0.5, 0.6) is 0 Å². The highest BCUT2D eigenvalue weighted by Crippen LogP contribution is 2.13. The molecule has 4 N–H and O–H groups in total. The Balaban J connectivity index is 1.92. The molecule has 0 unspecified atom stereocenters. The first-order chi connectivity index (χ1) is 12.9. The average Bonchev–Trinajstić information content (AvgIpc) is 2.66. The Morgan fingerprint density at radius 1 is 1.26 bits per heavy atom. The molecule has 0 spiro atoms. The van der Waals surface area contributed by atoms with E-state index in [2.05, 4.69) is 44.8 Å². The molecule has 10 heteroatoms. The van der Waals surface area contributed by atoms with Crippen molar-refractivity contribution in [1.82, 2.24) is 20.6 Å². The summed E-state index contributed by atoms with van der Waals surface area (Å²) < 4.78 is 0. The van der Waals surface area contributed by atoms with Gasteiger partial charge in [0.15, 0.2) is 0 Å². The Bertz CT molecular complexity index is 898. The number of aromatic nitrogens is 3. The van der Waals surface area contributed by atoms with Gasteiger partial charge in [-0.2, -0.15) is 5.10 Å². The van der Waals surface area contributed by atoms with E-state index in [1.807, 2.05) is 29.2 Å². The first kappa shape index (κ1) is 19.9. The lowest BCUT2D eigenvalue weighted by molar-refractivity contribution is -0.121. The number of nitrogens with one attached hydrogen (secondary N) is 4. The molecule has 1 amide bonds. The number of aromatic amines is 2. The lowest BCUT2D eigenvalue weighted by Gasteiger charge is -2.20. The van der Waals surface area contributed by atoms with Gasteiger partial charge in [-0.25, -0.2) is 15.3 Å². The number of carbonyl (C=O) groups excluding carboxylic acids is 1. The second-order valence-electron chi connectivity index (χ2n) is 5.72. The van der Waals surface area contributed by atoms with Crippen molar-refractivity contribution in [2.45, 2.75) is 26.8 Å². The summed E-state index contributed by atoms with van der Waals surface area (Å²) >= 11 is 0. The molecule has 1 aromatic heterocycles. The van der Waals surface area contributed by atoms with Crippen LogP contribution >= 0.6 is 0 Å². The van der Waals surface area contributed by atoms with Crippen LogP contribution in [0.25, 0.3) is 0 Å². The number of rotatable bonds is 8. The van der Waals surface area contributed by atoms with Crippen molar-refractivity contribution >= 4 is 23.6 Å². The monoisotopic (exact) mass is 373 g/mol. The molecule has 0 radical (unpaired) electrons. The van der Waals surface area contributed by atoms with Crippen molar-refractivity contribution in [3.8, 4) is 0 Å². The van der Waals surface area contributed by atoms with Crippen LogP contribution in [0, 0.1) is 0 Å². The molecule has 1 aromatic carbocycles. The van der Waals surface area contributed by atoms with Gasteiger partial charge in [-0.3, -0.25) is 14.6 Å². The summed E-state index contributed by atoms with van der Waals surface area (Å²) in [6, 6.07) is 7.03. The van der Waals surface area contributed by atoms with Gasteiger partial charge in [-0.15, -0.1) is 5.10 Å². The van der Waals surface area contributed by atoms with E-state index in [1.54, 1.807) is 0 Å². The standard InChI is InChI=1S/C17H23N7O3/c1-4-24(5-2)13-8-6-12(7-9-13)10-18-22-15(25)11(3)19-14-16(26)20-17(27)23-21-14/h6-11H,4-5H2,1-3H3,(H,19,21)(H,22,25)(H2,20,23,26,27)/b18-10-/t11-/m0/s1. The summed E-state index contributed by atoms with van der Waals surface area (Å²) in [6.45, 7) is 7.59. The largest absolute Gasteiger partial charge is 0.372 e. The zero-order chi connectivity index (χ0) is 19.8. The maximum atomic E-state index is 12.0. The second kappa shape index (κ2) is 9.32. The minimum atomic E-state index is -0.785. The maximum absolute atomic E-state index is 12.0. The molecule has 0 saturated heterocycles. The van der Waals surface area contributed by atoms with Crippen molar-refractivity contribution in [3.63, 3.8) is 0 Å². The number of H-pyrrole nitrogens is 2. The second-order valence-corrected chi connectivity index (χ2v) is 5.72. The number of amides is 1.